The smallest absolute Gasteiger partial charge is 0.252 e. The van der Waals surface area contributed by atoms with Gasteiger partial charge in [-0.25, -0.2) is 0 Å². The fraction of sp³-hybridized carbons (Fsp3) is 0.500. The van der Waals surface area contributed by atoms with Crippen molar-refractivity contribution in [1.82, 2.24) is 10.6 Å². The molecule has 20 heavy (non-hydrogen) atoms. The van der Waals surface area contributed by atoms with E-state index in [0.29, 0.717) is 24.4 Å². The summed E-state index contributed by atoms with van der Waals surface area (Å²) in [6.07, 6.45) is 1.41. The quantitative estimate of drug-likeness (QED) is 0.894. The molecule has 1 amide bonds. The molecule has 1 aliphatic rings. The SMILES string of the molecule is COC1(C(=O)NCc2ccc(Cl)cc2)CCNCC1.Cl. The number of halogens is 2. The van der Waals surface area contributed by atoms with Crippen LogP contribution in [0.15, 0.2) is 24.3 Å². The predicted molar refractivity (Wildman–Crippen MR) is 82.4 cm³/mol. The molecule has 1 aliphatic heterocycles. The maximum absolute atomic E-state index is 12.3. The highest BCUT2D eigenvalue weighted by atomic mass is 35.5. The van der Waals surface area contributed by atoms with Gasteiger partial charge in [0.1, 0.15) is 5.60 Å². The van der Waals surface area contributed by atoms with Gasteiger partial charge in [-0.2, -0.15) is 0 Å². The second kappa shape index (κ2) is 7.84. The molecule has 4 nitrogen and oxygen atoms in total. The van der Waals surface area contributed by atoms with Gasteiger partial charge < -0.3 is 15.4 Å². The van der Waals surface area contributed by atoms with Crippen LogP contribution >= 0.6 is 24.0 Å². The molecule has 0 aliphatic carbocycles. The van der Waals surface area contributed by atoms with Crippen molar-refractivity contribution in [2.75, 3.05) is 20.2 Å². The Kier molecular flexibility index (Phi) is 6.76. The fourth-order valence-electron chi connectivity index (χ4n) is 2.30. The zero-order chi connectivity index (χ0) is 13.7. The van der Waals surface area contributed by atoms with E-state index in [9.17, 15) is 4.79 Å². The van der Waals surface area contributed by atoms with E-state index in [1.807, 2.05) is 24.3 Å². The van der Waals surface area contributed by atoms with Gasteiger partial charge in [0, 0.05) is 18.7 Å². The summed E-state index contributed by atoms with van der Waals surface area (Å²) < 4.78 is 5.47. The van der Waals surface area contributed by atoms with Crippen molar-refractivity contribution >= 4 is 29.9 Å². The Hall–Kier alpha value is -0.810. The van der Waals surface area contributed by atoms with Crippen LogP contribution in [-0.2, 0) is 16.1 Å². The molecule has 0 saturated carbocycles. The summed E-state index contributed by atoms with van der Waals surface area (Å²) in [7, 11) is 1.60. The predicted octanol–water partition coefficient (Wildman–Crippen LogP) is 2.15. The molecule has 2 N–H and O–H groups in total. The highest BCUT2D eigenvalue weighted by Crippen LogP contribution is 2.22. The zero-order valence-electron chi connectivity index (χ0n) is 11.4. The van der Waals surface area contributed by atoms with E-state index >= 15 is 0 Å². The van der Waals surface area contributed by atoms with Crippen LogP contribution in [-0.4, -0.2) is 31.7 Å². The number of hydrogen-bond acceptors (Lipinski definition) is 3. The Bertz CT molecular complexity index is 431. The van der Waals surface area contributed by atoms with Crippen molar-refractivity contribution in [1.29, 1.82) is 0 Å². The molecule has 1 saturated heterocycles. The maximum atomic E-state index is 12.3. The van der Waals surface area contributed by atoms with Crippen LogP contribution in [0, 0.1) is 0 Å². The van der Waals surface area contributed by atoms with Crippen LogP contribution in [0.4, 0.5) is 0 Å². The molecule has 0 radical (unpaired) electrons. The second-order valence-electron chi connectivity index (χ2n) is 4.76. The molecule has 0 spiro atoms. The summed E-state index contributed by atoms with van der Waals surface area (Å²) >= 11 is 5.83. The largest absolute Gasteiger partial charge is 0.368 e. The van der Waals surface area contributed by atoms with Crippen molar-refractivity contribution in [2.24, 2.45) is 0 Å². The van der Waals surface area contributed by atoms with Gasteiger partial charge >= 0.3 is 0 Å². The number of carbonyl (C=O) groups excluding carboxylic acids is 1. The minimum absolute atomic E-state index is 0. The standard InChI is InChI=1S/C14H19ClN2O2.ClH/c1-19-14(6-8-16-9-7-14)13(18)17-10-11-2-4-12(15)5-3-11;/h2-5,16H,6-10H2,1H3,(H,17,18);1H. The molecule has 112 valence electrons. The van der Waals surface area contributed by atoms with Crippen molar-refractivity contribution in [3.8, 4) is 0 Å². The minimum atomic E-state index is -0.683. The van der Waals surface area contributed by atoms with Crippen molar-refractivity contribution in [3.63, 3.8) is 0 Å². The summed E-state index contributed by atoms with van der Waals surface area (Å²) in [5.74, 6) is -0.0357. The molecule has 1 aromatic carbocycles. The number of benzene rings is 1. The average Bonchev–Trinajstić information content (AvgIpc) is 2.47. The lowest BCUT2D eigenvalue weighted by atomic mass is 9.91. The van der Waals surface area contributed by atoms with Gasteiger partial charge in [0.25, 0.3) is 5.91 Å². The molecular weight excluding hydrogens is 299 g/mol. The molecule has 0 unspecified atom stereocenters. The number of piperidine rings is 1. The van der Waals surface area contributed by atoms with Gasteiger partial charge in [0.05, 0.1) is 0 Å². The number of hydrogen-bond donors (Lipinski definition) is 2. The van der Waals surface area contributed by atoms with E-state index in [1.165, 1.54) is 0 Å². The Morgan fingerprint density at radius 2 is 1.95 bits per heavy atom. The van der Waals surface area contributed by atoms with E-state index in [1.54, 1.807) is 7.11 Å². The molecular formula is C14H20Cl2N2O2. The molecule has 0 bridgehead atoms. The molecule has 2 rings (SSSR count). The molecule has 1 heterocycles. The van der Waals surface area contributed by atoms with E-state index in [4.69, 9.17) is 16.3 Å². The Morgan fingerprint density at radius 3 is 2.50 bits per heavy atom. The molecule has 0 aromatic heterocycles. The van der Waals surface area contributed by atoms with Gasteiger partial charge in [-0.05, 0) is 43.6 Å². The first-order valence-corrected chi connectivity index (χ1v) is 6.83. The lowest BCUT2D eigenvalue weighted by Gasteiger charge is -2.34. The molecule has 1 fully saturated rings. The molecule has 6 heteroatoms. The van der Waals surface area contributed by atoms with E-state index < -0.39 is 5.60 Å². The number of ether oxygens (including phenoxy) is 1. The third-order valence-electron chi connectivity index (χ3n) is 3.58. The number of rotatable bonds is 4. The van der Waals surface area contributed by atoms with Crippen molar-refractivity contribution < 1.29 is 9.53 Å². The minimum Gasteiger partial charge on any atom is -0.368 e. The van der Waals surface area contributed by atoms with Gasteiger partial charge in [-0.15, -0.1) is 12.4 Å². The lowest BCUT2D eigenvalue weighted by Crippen LogP contribution is -2.53. The van der Waals surface area contributed by atoms with Gasteiger partial charge in [-0.3, -0.25) is 4.79 Å². The van der Waals surface area contributed by atoms with Gasteiger partial charge in [0.2, 0.25) is 0 Å². The second-order valence-corrected chi connectivity index (χ2v) is 5.19. The topological polar surface area (TPSA) is 50.4 Å². The van der Waals surface area contributed by atoms with Gasteiger partial charge in [-0.1, -0.05) is 23.7 Å². The average molecular weight is 319 g/mol. The molecule has 0 atom stereocenters. The van der Waals surface area contributed by atoms with Crippen LogP contribution in [0.25, 0.3) is 0 Å². The number of carbonyl (C=O) groups is 1. The number of amides is 1. The molecule has 1 aromatic rings. The van der Waals surface area contributed by atoms with Crippen LogP contribution in [0.5, 0.6) is 0 Å². The summed E-state index contributed by atoms with van der Waals surface area (Å²) in [5, 5.41) is 6.88. The van der Waals surface area contributed by atoms with Crippen molar-refractivity contribution in [3.05, 3.63) is 34.9 Å². The summed E-state index contributed by atoms with van der Waals surface area (Å²) in [5.41, 5.74) is 0.343. The first-order valence-electron chi connectivity index (χ1n) is 6.45. The third kappa shape index (κ3) is 4.09. The first-order chi connectivity index (χ1) is 9.16. The van der Waals surface area contributed by atoms with Crippen LogP contribution in [0.1, 0.15) is 18.4 Å². The highest BCUT2D eigenvalue weighted by molar-refractivity contribution is 6.30. The van der Waals surface area contributed by atoms with Crippen LogP contribution in [0.3, 0.4) is 0 Å². The Balaban J connectivity index is 0.00000200. The third-order valence-corrected chi connectivity index (χ3v) is 3.83. The maximum Gasteiger partial charge on any atom is 0.252 e. The Morgan fingerprint density at radius 1 is 1.35 bits per heavy atom. The monoisotopic (exact) mass is 318 g/mol. The van der Waals surface area contributed by atoms with E-state index in [2.05, 4.69) is 10.6 Å². The lowest BCUT2D eigenvalue weighted by molar-refractivity contribution is -0.146. The fourth-order valence-corrected chi connectivity index (χ4v) is 2.43. The summed E-state index contributed by atoms with van der Waals surface area (Å²) in [6.45, 7) is 2.11. The van der Waals surface area contributed by atoms with Crippen LogP contribution < -0.4 is 10.6 Å². The normalized spacial score (nSPS) is 17.1. The van der Waals surface area contributed by atoms with Crippen LogP contribution in [0.2, 0.25) is 5.02 Å². The number of nitrogens with one attached hydrogen (secondary N) is 2. The zero-order valence-corrected chi connectivity index (χ0v) is 13.0. The Labute approximate surface area is 130 Å². The number of methoxy groups -OCH3 is 1. The van der Waals surface area contributed by atoms with Crippen molar-refractivity contribution in [2.45, 2.75) is 25.0 Å². The van der Waals surface area contributed by atoms with Gasteiger partial charge in [0.15, 0.2) is 0 Å². The highest BCUT2D eigenvalue weighted by Gasteiger charge is 2.39. The van der Waals surface area contributed by atoms with E-state index in [-0.39, 0.29) is 18.3 Å². The van der Waals surface area contributed by atoms with E-state index in [0.717, 1.165) is 18.7 Å². The summed E-state index contributed by atoms with van der Waals surface area (Å²) in [4.78, 5) is 12.3. The summed E-state index contributed by atoms with van der Waals surface area (Å²) in [6, 6.07) is 7.45. The first kappa shape index (κ1) is 17.2.